The first-order valence-electron chi connectivity index (χ1n) is 14.8. The first-order chi connectivity index (χ1) is 19.8. The Kier molecular flexibility index (Phi) is 10.8. The van der Waals surface area contributed by atoms with Crippen LogP contribution in [0, 0.1) is 22.7 Å². The van der Waals surface area contributed by atoms with Gasteiger partial charge in [-0.05, 0) is 49.5 Å². The number of allylic oxidation sites excluding steroid dienone is 2. The highest BCUT2D eigenvalue weighted by Crippen LogP contribution is 2.67. The zero-order valence-corrected chi connectivity index (χ0v) is 25.7. The predicted molar refractivity (Wildman–Crippen MR) is 152 cm³/mol. The summed E-state index contributed by atoms with van der Waals surface area (Å²) in [5.41, 5.74) is -1.05. The molecule has 1 saturated heterocycles. The van der Waals surface area contributed by atoms with Crippen molar-refractivity contribution in [1.29, 1.82) is 0 Å². The van der Waals surface area contributed by atoms with Gasteiger partial charge < -0.3 is 24.1 Å². The van der Waals surface area contributed by atoms with Crippen molar-refractivity contribution in [3.05, 3.63) is 36.5 Å². The molecule has 42 heavy (non-hydrogen) atoms. The summed E-state index contributed by atoms with van der Waals surface area (Å²) in [6.07, 6.45) is 0.294. The lowest BCUT2D eigenvalue weighted by Crippen LogP contribution is -2.68. The minimum Gasteiger partial charge on any atom is -0.459 e. The summed E-state index contributed by atoms with van der Waals surface area (Å²) < 4.78 is 29.3. The van der Waals surface area contributed by atoms with Crippen LogP contribution >= 0.6 is 0 Å². The van der Waals surface area contributed by atoms with E-state index < -0.39 is 71.5 Å². The molecule has 234 valence electrons. The van der Waals surface area contributed by atoms with E-state index in [0.717, 1.165) is 5.57 Å². The monoisotopic (exact) mass is 590 g/mol. The van der Waals surface area contributed by atoms with Gasteiger partial charge in [-0.3, -0.25) is 23.9 Å². The van der Waals surface area contributed by atoms with Gasteiger partial charge in [0.25, 0.3) is 0 Å². The number of hydrogen-bond donors (Lipinski definition) is 1. The first kappa shape index (κ1) is 33.5. The van der Waals surface area contributed by atoms with Crippen LogP contribution in [0.5, 0.6) is 0 Å². The molecule has 1 heterocycles. The van der Waals surface area contributed by atoms with Gasteiger partial charge >= 0.3 is 23.9 Å². The summed E-state index contributed by atoms with van der Waals surface area (Å²) in [6, 6.07) is 0. The van der Waals surface area contributed by atoms with Crippen molar-refractivity contribution in [2.75, 3.05) is 0 Å². The number of carbonyl (C=O) groups excluding carboxylic acids is 4. The van der Waals surface area contributed by atoms with Gasteiger partial charge in [-0.2, -0.15) is 0 Å². The van der Waals surface area contributed by atoms with Crippen LogP contribution in [0.15, 0.2) is 36.5 Å². The topological polar surface area (TPSA) is 135 Å². The highest BCUT2D eigenvalue weighted by atomic mass is 16.8. The number of ether oxygens (including phenoxy) is 5. The Hall–Kier alpha value is -2.98. The highest BCUT2D eigenvalue weighted by Gasteiger charge is 2.74. The lowest BCUT2D eigenvalue weighted by atomic mass is 9.44. The number of carbonyl (C=O) groups is 4. The molecular weight excluding hydrogens is 544 g/mol. The van der Waals surface area contributed by atoms with Crippen molar-refractivity contribution in [2.24, 2.45) is 22.7 Å². The Morgan fingerprint density at radius 2 is 1.62 bits per heavy atom. The number of aliphatic hydroxyl groups excluding tert-OH is 1. The molecule has 0 radical (unpaired) electrons. The van der Waals surface area contributed by atoms with E-state index in [0.29, 0.717) is 31.3 Å². The fourth-order valence-corrected chi connectivity index (χ4v) is 7.05. The highest BCUT2D eigenvalue weighted by molar-refractivity contribution is 5.71. The molecule has 3 aliphatic rings. The second-order valence-electron chi connectivity index (χ2n) is 11.9. The van der Waals surface area contributed by atoms with Gasteiger partial charge in [0.15, 0.2) is 0 Å². The number of esters is 4. The van der Waals surface area contributed by atoms with Crippen LogP contribution in [-0.2, 0) is 42.9 Å². The van der Waals surface area contributed by atoms with E-state index in [4.69, 9.17) is 23.7 Å². The third-order valence-electron chi connectivity index (χ3n) is 9.21. The Bertz CT molecular complexity index is 1110. The Morgan fingerprint density at radius 3 is 2.17 bits per heavy atom. The molecular formula is C32H46O10. The molecule has 10 nitrogen and oxygen atoms in total. The molecule has 0 amide bonds. The second kappa shape index (κ2) is 13.5. The number of rotatable bonds is 12. The van der Waals surface area contributed by atoms with E-state index >= 15 is 0 Å². The summed E-state index contributed by atoms with van der Waals surface area (Å²) >= 11 is 0. The summed E-state index contributed by atoms with van der Waals surface area (Å²) in [5.74, 6) is -3.09. The van der Waals surface area contributed by atoms with Gasteiger partial charge in [-0.25, -0.2) is 0 Å². The van der Waals surface area contributed by atoms with Crippen LogP contribution in [-0.4, -0.2) is 59.9 Å². The lowest BCUT2D eigenvalue weighted by Gasteiger charge is -2.62. The molecule has 0 unspecified atom stereocenters. The van der Waals surface area contributed by atoms with E-state index in [1.54, 1.807) is 12.2 Å². The number of aliphatic hydroxyl groups is 1. The Labute approximate surface area is 248 Å². The standard InChI is InChI=1S/C32H46O10/c1-9-12-25(35)40-22-16-23-29(41-26(36)13-10-2)42-30(39-21(7)34)32(23)24(17-22)31(8,15-14-18(4)11-3)19(5)27(28(32)37)38-20(6)33/h11,16,19,22,24,27-30,37H,3-4,9-10,12-15,17H2,1-2,5-8H3/t19-,22+,24+,27+,28+,29+,30-,31-,32-/m0/s1. The molecule has 0 bridgehead atoms. The van der Waals surface area contributed by atoms with Crippen molar-refractivity contribution >= 4 is 23.9 Å². The van der Waals surface area contributed by atoms with Crippen LogP contribution in [0.3, 0.4) is 0 Å². The molecule has 9 atom stereocenters. The Morgan fingerprint density at radius 1 is 1.02 bits per heavy atom. The minimum absolute atomic E-state index is 0.119. The molecule has 0 aromatic rings. The van der Waals surface area contributed by atoms with Crippen molar-refractivity contribution in [2.45, 2.75) is 117 Å². The summed E-state index contributed by atoms with van der Waals surface area (Å²) in [5, 5.41) is 12.2. The summed E-state index contributed by atoms with van der Waals surface area (Å²) in [4.78, 5) is 50.1. The van der Waals surface area contributed by atoms with E-state index in [1.165, 1.54) is 13.8 Å². The van der Waals surface area contributed by atoms with E-state index in [2.05, 4.69) is 13.2 Å². The van der Waals surface area contributed by atoms with Crippen LogP contribution in [0.2, 0.25) is 0 Å². The molecule has 10 heteroatoms. The molecule has 2 aliphatic carbocycles. The normalized spacial score (nSPS) is 35.1. The average Bonchev–Trinajstić information content (AvgIpc) is 3.20. The predicted octanol–water partition coefficient (Wildman–Crippen LogP) is 4.69. The largest absolute Gasteiger partial charge is 0.459 e. The van der Waals surface area contributed by atoms with Crippen molar-refractivity contribution < 1.29 is 48.0 Å². The fraction of sp³-hybridized carbons (Fsp3) is 0.688. The van der Waals surface area contributed by atoms with Gasteiger partial charge in [0.2, 0.25) is 12.6 Å². The first-order valence-corrected chi connectivity index (χ1v) is 14.8. The lowest BCUT2D eigenvalue weighted by molar-refractivity contribution is -0.276. The SMILES string of the molecule is C=CC(=C)CC[C@]1(C)[C@H]2C[C@H](OC(=O)CCC)C=C3[C@H](OC(=O)CCC)O[C@H](OC(C)=O)[C@@]32[C@H](O)[C@H](OC(C)=O)[C@@H]1C. The van der Waals surface area contributed by atoms with Crippen molar-refractivity contribution in [3.63, 3.8) is 0 Å². The maximum absolute atomic E-state index is 12.7. The smallest absolute Gasteiger partial charge is 0.308 e. The van der Waals surface area contributed by atoms with Crippen LogP contribution in [0.4, 0.5) is 0 Å². The van der Waals surface area contributed by atoms with Gasteiger partial charge in [-0.1, -0.05) is 52.5 Å². The fourth-order valence-electron chi connectivity index (χ4n) is 7.05. The van der Waals surface area contributed by atoms with Crippen LogP contribution in [0.1, 0.15) is 86.5 Å². The Balaban J connectivity index is 2.29. The minimum atomic E-state index is -1.48. The van der Waals surface area contributed by atoms with Crippen molar-refractivity contribution in [3.8, 4) is 0 Å². The summed E-state index contributed by atoms with van der Waals surface area (Å²) in [7, 11) is 0. The maximum atomic E-state index is 12.7. The zero-order valence-electron chi connectivity index (χ0n) is 25.7. The molecule has 1 N–H and O–H groups in total. The van der Waals surface area contributed by atoms with E-state index in [9.17, 15) is 24.3 Å². The third kappa shape index (κ3) is 6.34. The maximum Gasteiger partial charge on any atom is 0.308 e. The second-order valence-corrected chi connectivity index (χ2v) is 11.9. The van der Waals surface area contributed by atoms with Gasteiger partial charge in [-0.15, -0.1) is 0 Å². The quantitative estimate of drug-likeness (QED) is 0.148. The zero-order chi connectivity index (χ0) is 31.4. The van der Waals surface area contributed by atoms with Crippen LogP contribution in [0.25, 0.3) is 0 Å². The molecule has 2 fully saturated rings. The van der Waals surface area contributed by atoms with E-state index in [-0.39, 0.29) is 25.2 Å². The van der Waals surface area contributed by atoms with Gasteiger partial charge in [0.1, 0.15) is 18.3 Å². The molecule has 1 aliphatic heterocycles. The molecule has 1 saturated carbocycles. The van der Waals surface area contributed by atoms with Gasteiger partial charge in [0.05, 0.1) is 5.41 Å². The van der Waals surface area contributed by atoms with E-state index in [1.807, 2.05) is 27.7 Å². The average molecular weight is 591 g/mol. The molecule has 0 aromatic heterocycles. The molecule has 3 rings (SSSR count). The third-order valence-corrected chi connectivity index (χ3v) is 9.21. The van der Waals surface area contributed by atoms with Crippen LogP contribution < -0.4 is 0 Å². The molecule has 0 aromatic carbocycles. The number of hydrogen-bond acceptors (Lipinski definition) is 10. The van der Waals surface area contributed by atoms with Crippen molar-refractivity contribution in [1.82, 2.24) is 0 Å². The van der Waals surface area contributed by atoms with Gasteiger partial charge in [0, 0.05) is 38.2 Å². The molecule has 1 spiro atoms. The summed E-state index contributed by atoms with van der Waals surface area (Å²) in [6.45, 7) is 18.0.